The summed E-state index contributed by atoms with van der Waals surface area (Å²) in [5.74, 6) is 0. The Morgan fingerprint density at radius 2 is 1.05 bits per heavy atom. The number of furan rings is 1. The highest BCUT2D eigenvalue weighted by molar-refractivity contribution is 7.25. The van der Waals surface area contributed by atoms with Crippen LogP contribution in [0.4, 0.5) is 0 Å². The number of benzene rings is 7. The van der Waals surface area contributed by atoms with Crippen molar-refractivity contribution in [3.8, 4) is 22.3 Å². The zero-order valence-electron chi connectivity index (χ0n) is 23.4. The lowest BCUT2D eigenvalue weighted by Crippen LogP contribution is -1.89. The first-order chi connectivity index (χ1) is 21.8. The lowest BCUT2D eigenvalue weighted by Gasteiger charge is -2.09. The van der Waals surface area contributed by atoms with Crippen LogP contribution in [0.1, 0.15) is 0 Å². The Kier molecular flexibility index (Phi) is 4.87. The topological polar surface area (TPSA) is 38.9 Å². The molecule has 0 saturated heterocycles. The zero-order chi connectivity index (χ0) is 28.8. The van der Waals surface area contributed by atoms with E-state index in [1.165, 1.54) is 15.5 Å². The maximum absolute atomic E-state index is 6.30. The molecule has 0 bridgehead atoms. The van der Waals surface area contributed by atoms with Crippen LogP contribution < -0.4 is 0 Å². The lowest BCUT2D eigenvalue weighted by molar-refractivity contribution is 0.670. The van der Waals surface area contributed by atoms with E-state index >= 15 is 0 Å². The van der Waals surface area contributed by atoms with E-state index < -0.39 is 0 Å². The standard InChI is InChI=1S/C40H22N2OS/c1-3-11-30-27(8-1)28-9-2-4-12-31(28)37-36(30)41-38-33-22-25(20-21-35(33)44-40(38)42-37)23-16-18-24(19-17-23)26-13-7-14-32-29-10-5-6-15-34(29)43-39(26)32/h1-22H. The van der Waals surface area contributed by atoms with Gasteiger partial charge >= 0.3 is 0 Å². The SMILES string of the molecule is c1ccc2c(c1)oc1c(-c3ccc(-c4ccc5sc6nc7c8ccccc8c8ccccc8c7nc6c5c4)cc3)cccc12. The number of aromatic nitrogens is 2. The molecule has 7 aromatic carbocycles. The van der Waals surface area contributed by atoms with Crippen molar-refractivity contribution < 1.29 is 4.42 Å². The molecule has 0 radical (unpaired) electrons. The first kappa shape index (κ1) is 23.9. The van der Waals surface area contributed by atoms with Gasteiger partial charge in [-0.05, 0) is 45.7 Å². The van der Waals surface area contributed by atoms with E-state index in [0.29, 0.717) is 0 Å². The normalized spacial score (nSPS) is 12.1. The number of rotatable bonds is 2. The minimum absolute atomic E-state index is 0.917. The molecule has 10 aromatic rings. The maximum Gasteiger partial charge on any atom is 0.143 e. The molecule has 4 heteroatoms. The second-order valence-corrected chi connectivity index (χ2v) is 12.4. The largest absolute Gasteiger partial charge is 0.455 e. The Morgan fingerprint density at radius 3 is 1.82 bits per heavy atom. The molecule has 3 aromatic heterocycles. The molecule has 0 aliphatic carbocycles. The lowest BCUT2D eigenvalue weighted by atomic mass is 9.98. The number of nitrogens with zero attached hydrogens (tertiary/aromatic N) is 2. The summed E-state index contributed by atoms with van der Waals surface area (Å²) in [5.41, 5.74) is 9.30. The quantitative estimate of drug-likeness (QED) is 0.192. The Bertz CT molecular complexity index is 2770. The number of hydrogen-bond donors (Lipinski definition) is 0. The summed E-state index contributed by atoms with van der Waals surface area (Å²) in [7, 11) is 0. The van der Waals surface area contributed by atoms with Gasteiger partial charge in [-0.25, -0.2) is 9.97 Å². The summed E-state index contributed by atoms with van der Waals surface area (Å²) in [6.07, 6.45) is 0. The molecule has 0 amide bonds. The number of hydrogen-bond acceptors (Lipinski definition) is 4. The third-order valence-corrected chi connectivity index (χ3v) is 9.95. The van der Waals surface area contributed by atoms with Gasteiger partial charge in [-0.15, -0.1) is 11.3 Å². The molecule has 0 atom stereocenters. The average molecular weight is 579 g/mol. The van der Waals surface area contributed by atoms with Gasteiger partial charge in [0.05, 0.1) is 11.0 Å². The van der Waals surface area contributed by atoms with Crippen LogP contribution in [0.3, 0.4) is 0 Å². The summed E-state index contributed by atoms with van der Waals surface area (Å²) in [5, 5.41) is 8.15. The second-order valence-electron chi connectivity index (χ2n) is 11.3. The molecule has 0 unspecified atom stereocenters. The van der Waals surface area contributed by atoms with Crippen molar-refractivity contribution >= 4 is 86.3 Å². The number of thiophene rings is 1. The maximum atomic E-state index is 6.30. The van der Waals surface area contributed by atoms with Gasteiger partial charge in [-0.3, -0.25) is 0 Å². The second kappa shape index (κ2) is 8.96. The molecule has 0 saturated carbocycles. The fourth-order valence-electron chi connectivity index (χ4n) is 6.80. The van der Waals surface area contributed by atoms with E-state index in [1.54, 1.807) is 11.3 Å². The van der Waals surface area contributed by atoms with Crippen LogP contribution in [0, 0.1) is 0 Å². The van der Waals surface area contributed by atoms with Crippen molar-refractivity contribution in [2.45, 2.75) is 0 Å². The summed E-state index contributed by atoms with van der Waals surface area (Å²) >= 11 is 1.71. The van der Waals surface area contributed by atoms with Crippen LogP contribution in [-0.4, -0.2) is 9.97 Å². The molecule has 0 spiro atoms. The highest BCUT2D eigenvalue weighted by Gasteiger charge is 2.16. The van der Waals surface area contributed by atoms with Gasteiger partial charge in [0.2, 0.25) is 0 Å². The Morgan fingerprint density at radius 1 is 0.432 bits per heavy atom. The highest BCUT2D eigenvalue weighted by Crippen LogP contribution is 2.40. The average Bonchev–Trinajstić information content (AvgIpc) is 3.65. The Labute approximate surface area is 255 Å². The molecule has 3 heterocycles. The van der Waals surface area contributed by atoms with Crippen LogP contribution in [-0.2, 0) is 0 Å². The monoisotopic (exact) mass is 578 g/mol. The summed E-state index contributed by atoms with van der Waals surface area (Å²) in [4.78, 5) is 11.5. The number of para-hydroxylation sites is 2. The van der Waals surface area contributed by atoms with E-state index in [1.807, 2.05) is 12.1 Å². The molecule has 0 aliphatic heterocycles. The summed E-state index contributed by atoms with van der Waals surface area (Å²) in [6.45, 7) is 0. The Hall–Kier alpha value is -5.58. The van der Waals surface area contributed by atoms with Gasteiger partial charge < -0.3 is 4.42 Å². The summed E-state index contributed by atoms with van der Waals surface area (Å²) in [6, 6.07) is 47.2. The van der Waals surface area contributed by atoms with Crippen molar-refractivity contribution in [3.05, 3.63) is 133 Å². The molecule has 0 fully saturated rings. The smallest absolute Gasteiger partial charge is 0.143 e. The van der Waals surface area contributed by atoms with Crippen LogP contribution in [0.25, 0.3) is 97.2 Å². The van der Waals surface area contributed by atoms with Crippen molar-refractivity contribution in [1.29, 1.82) is 0 Å². The first-order valence-corrected chi connectivity index (χ1v) is 15.6. The predicted molar refractivity (Wildman–Crippen MR) is 186 cm³/mol. The van der Waals surface area contributed by atoms with Crippen molar-refractivity contribution in [1.82, 2.24) is 9.97 Å². The van der Waals surface area contributed by atoms with Gasteiger partial charge in [0.1, 0.15) is 21.5 Å². The molecule has 44 heavy (non-hydrogen) atoms. The molecule has 3 nitrogen and oxygen atoms in total. The fourth-order valence-corrected chi connectivity index (χ4v) is 7.79. The van der Waals surface area contributed by atoms with Crippen molar-refractivity contribution in [2.75, 3.05) is 0 Å². The summed E-state index contributed by atoms with van der Waals surface area (Å²) < 4.78 is 7.50. The van der Waals surface area contributed by atoms with E-state index in [0.717, 1.165) is 81.7 Å². The van der Waals surface area contributed by atoms with Crippen LogP contribution in [0.5, 0.6) is 0 Å². The van der Waals surface area contributed by atoms with Crippen LogP contribution in [0.15, 0.2) is 138 Å². The molecule has 0 aliphatic rings. The van der Waals surface area contributed by atoms with E-state index in [9.17, 15) is 0 Å². The number of fused-ring (bicyclic) bond motifs is 12. The van der Waals surface area contributed by atoms with Gasteiger partial charge in [-0.2, -0.15) is 0 Å². The minimum atomic E-state index is 0.917. The first-order valence-electron chi connectivity index (χ1n) is 14.7. The van der Waals surface area contributed by atoms with Gasteiger partial charge in [0, 0.05) is 37.2 Å². The van der Waals surface area contributed by atoms with Crippen molar-refractivity contribution in [2.24, 2.45) is 0 Å². The molecular weight excluding hydrogens is 557 g/mol. The van der Waals surface area contributed by atoms with Gasteiger partial charge in [0.15, 0.2) is 0 Å². The van der Waals surface area contributed by atoms with Gasteiger partial charge in [-0.1, -0.05) is 115 Å². The molecular formula is C40H22N2OS. The van der Waals surface area contributed by atoms with Crippen LogP contribution in [0.2, 0.25) is 0 Å². The van der Waals surface area contributed by atoms with Crippen molar-refractivity contribution in [3.63, 3.8) is 0 Å². The van der Waals surface area contributed by atoms with Gasteiger partial charge in [0.25, 0.3) is 0 Å². The van der Waals surface area contributed by atoms with E-state index in [-0.39, 0.29) is 0 Å². The third-order valence-electron chi connectivity index (χ3n) is 8.89. The minimum Gasteiger partial charge on any atom is -0.455 e. The van der Waals surface area contributed by atoms with E-state index in [2.05, 4.69) is 121 Å². The van der Waals surface area contributed by atoms with Crippen LogP contribution >= 0.6 is 11.3 Å². The zero-order valence-corrected chi connectivity index (χ0v) is 24.2. The predicted octanol–water partition coefficient (Wildman–Crippen LogP) is 11.5. The Balaban J connectivity index is 1.12. The highest BCUT2D eigenvalue weighted by atomic mass is 32.1. The molecule has 10 rings (SSSR count). The molecule has 204 valence electrons. The van der Waals surface area contributed by atoms with E-state index in [4.69, 9.17) is 14.4 Å². The fraction of sp³-hybridized carbons (Fsp3) is 0. The molecule has 0 N–H and O–H groups in total. The third kappa shape index (κ3) is 3.37.